The maximum atomic E-state index is 13.7. The van der Waals surface area contributed by atoms with Crippen LogP contribution in [0.15, 0.2) is 18.2 Å². The first-order chi connectivity index (χ1) is 8.97. The summed E-state index contributed by atoms with van der Waals surface area (Å²) in [5.74, 6) is -0.897. The molecule has 0 bridgehead atoms. The summed E-state index contributed by atoms with van der Waals surface area (Å²) in [4.78, 5) is 13.4. The Bertz CT molecular complexity index is 476. The van der Waals surface area contributed by atoms with Crippen molar-refractivity contribution in [1.82, 2.24) is 4.90 Å². The number of hydrogen-bond acceptors (Lipinski definition) is 3. The summed E-state index contributed by atoms with van der Waals surface area (Å²) in [5.41, 5.74) is 5.88. The highest BCUT2D eigenvalue weighted by atomic mass is 19.1. The molecular formula is C14H20FN3O. The van der Waals surface area contributed by atoms with Crippen molar-refractivity contribution in [3.05, 3.63) is 29.6 Å². The van der Waals surface area contributed by atoms with Gasteiger partial charge in [-0.15, -0.1) is 0 Å². The Morgan fingerprint density at radius 2 is 2.26 bits per heavy atom. The second-order valence-corrected chi connectivity index (χ2v) is 5.28. The molecule has 2 rings (SSSR count). The largest absolute Gasteiger partial charge is 0.379 e. The normalized spacial score (nSPS) is 19.9. The first kappa shape index (κ1) is 13.8. The number of amides is 1. The van der Waals surface area contributed by atoms with Gasteiger partial charge in [-0.1, -0.05) is 0 Å². The molecule has 1 fully saturated rings. The Hall–Kier alpha value is -1.62. The third-order valence-corrected chi connectivity index (χ3v) is 3.56. The van der Waals surface area contributed by atoms with Crippen LogP contribution in [0.5, 0.6) is 0 Å². The van der Waals surface area contributed by atoms with E-state index in [1.165, 1.54) is 18.2 Å². The molecule has 1 aromatic rings. The summed E-state index contributed by atoms with van der Waals surface area (Å²) in [6.45, 7) is 6.19. The number of nitrogens with one attached hydrogen (secondary N) is 1. The number of benzene rings is 1. The second-order valence-electron chi connectivity index (χ2n) is 5.28. The summed E-state index contributed by atoms with van der Waals surface area (Å²) in [6, 6.07) is 4.86. The van der Waals surface area contributed by atoms with Crippen molar-refractivity contribution in [2.24, 2.45) is 5.73 Å². The van der Waals surface area contributed by atoms with Crippen LogP contribution < -0.4 is 11.1 Å². The second kappa shape index (κ2) is 5.57. The van der Waals surface area contributed by atoms with Gasteiger partial charge in [0, 0.05) is 30.7 Å². The van der Waals surface area contributed by atoms with Gasteiger partial charge < -0.3 is 11.1 Å². The Morgan fingerprint density at radius 3 is 2.84 bits per heavy atom. The lowest BCUT2D eigenvalue weighted by Crippen LogP contribution is -2.31. The van der Waals surface area contributed by atoms with E-state index in [9.17, 15) is 9.18 Å². The number of primary amides is 1. The van der Waals surface area contributed by atoms with Gasteiger partial charge >= 0.3 is 0 Å². The predicted octanol–water partition coefficient (Wildman–Crippen LogP) is 1.82. The summed E-state index contributed by atoms with van der Waals surface area (Å²) in [7, 11) is 0. The van der Waals surface area contributed by atoms with Crippen LogP contribution >= 0.6 is 0 Å². The third-order valence-electron chi connectivity index (χ3n) is 3.56. The van der Waals surface area contributed by atoms with Crippen molar-refractivity contribution in [2.45, 2.75) is 32.4 Å². The third kappa shape index (κ3) is 3.23. The van der Waals surface area contributed by atoms with E-state index in [2.05, 4.69) is 24.1 Å². The van der Waals surface area contributed by atoms with Gasteiger partial charge in [0.2, 0.25) is 5.91 Å². The van der Waals surface area contributed by atoms with Crippen molar-refractivity contribution in [1.29, 1.82) is 0 Å². The van der Waals surface area contributed by atoms with Gasteiger partial charge in [0.15, 0.2) is 0 Å². The molecule has 1 saturated heterocycles. The van der Waals surface area contributed by atoms with E-state index >= 15 is 0 Å². The zero-order valence-corrected chi connectivity index (χ0v) is 11.3. The SMILES string of the molecule is CC(C)N1CCC(Nc2cc(C(N)=O)ccc2F)C1. The summed E-state index contributed by atoms with van der Waals surface area (Å²) in [6.07, 6.45) is 0.971. The molecule has 1 unspecified atom stereocenters. The van der Waals surface area contributed by atoms with Crippen LogP contribution in [-0.2, 0) is 0 Å². The van der Waals surface area contributed by atoms with Crippen LogP contribution in [0.4, 0.5) is 10.1 Å². The molecule has 1 aliphatic heterocycles. The van der Waals surface area contributed by atoms with E-state index in [0.717, 1.165) is 19.5 Å². The number of nitrogens with two attached hydrogens (primary N) is 1. The van der Waals surface area contributed by atoms with Crippen molar-refractivity contribution >= 4 is 11.6 Å². The quantitative estimate of drug-likeness (QED) is 0.873. The topological polar surface area (TPSA) is 58.4 Å². The molecule has 0 saturated carbocycles. The average molecular weight is 265 g/mol. The molecule has 0 spiro atoms. The standard InChI is InChI=1S/C14H20FN3O/c1-9(2)18-6-5-11(8-18)17-13-7-10(14(16)19)3-4-12(13)15/h3-4,7,9,11,17H,5-6,8H2,1-2H3,(H2,16,19). The van der Waals surface area contributed by atoms with Crippen LogP contribution in [0.3, 0.4) is 0 Å². The van der Waals surface area contributed by atoms with Crippen LogP contribution in [0.2, 0.25) is 0 Å². The number of nitrogens with zero attached hydrogens (tertiary/aromatic N) is 1. The van der Waals surface area contributed by atoms with Gasteiger partial charge in [-0.05, 0) is 38.5 Å². The maximum absolute atomic E-state index is 13.7. The van der Waals surface area contributed by atoms with Gasteiger partial charge in [0.25, 0.3) is 0 Å². The van der Waals surface area contributed by atoms with Crippen molar-refractivity contribution in [2.75, 3.05) is 18.4 Å². The monoisotopic (exact) mass is 265 g/mol. The molecular weight excluding hydrogens is 245 g/mol. The van der Waals surface area contributed by atoms with E-state index in [1.54, 1.807) is 0 Å². The number of rotatable bonds is 4. The van der Waals surface area contributed by atoms with Crippen LogP contribution in [0.25, 0.3) is 0 Å². The van der Waals surface area contributed by atoms with Crippen molar-refractivity contribution in [3.63, 3.8) is 0 Å². The fourth-order valence-corrected chi connectivity index (χ4v) is 2.38. The molecule has 3 N–H and O–H groups in total. The van der Waals surface area contributed by atoms with Crippen LogP contribution in [0, 0.1) is 5.82 Å². The molecule has 19 heavy (non-hydrogen) atoms. The predicted molar refractivity (Wildman–Crippen MR) is 73.7 cm³/mol. The van der Waals surface area contributed by atoms with Crippen LogP contribution in [-0.4, -0.2) is 36.0 Å². The lowest BCUT2D eigenvalue weighted by atomic mass is 10.1. The molecule has 1 aromatic carbocycles. The Kier molecular flexibility index (Phi) is 4.04. The summed E-state index contributed by atoms with van der Waals surface area (Å²) < 4.78 is 13.7. The summed E-state index contributed by atoms with van der Waals surface area (Å²) >= 11 is 0. The minimum absolute atomic E-state index is 0.208. The van der Waals surface area contributed by atoms with Gasteiger partial charge in [-0.25, -0.2) is 4.39 Å². The molecule has 5 heteroatoms. The smallest absolute Gasteiger partial charge is 0.248 e. The minimum Gasteiger partial charge on any atom is -0.379 e. The zero-order valence-electron chi connectivity index (χ0n) is 11.3. The molecule has 1 atom stereocenters. The zero-order chi connectivity index (χ0) is 14.0. The van der Waals surface area contributed by atoms with E-state index in [0.29, 0.717) is 17.3 Å². The van der Waals surface area contributed by atoms with Crippen molar-refractivity contribution in [3.8, 4) is 0 Å². The number of anilines is 1. The molecule has 4 nitrogen and oxygen atoms in total. The average Bonchev–Trinajstić information content (AvgIpc) is 2.80. The molecule has 1 amide bonds. The van der Waals surface area contributed by atoms with Gasteiger partial charge in [-0.2, -0.15) is 0 Å². The highest BCUT2D eigenvalue weighted by molar-refractivity contribution is 5.93. The first-order valence-corrected chi connectivity index (χ1v) is 6.57. The Morgan fingerprint density at radius 1 is 1.53 bits per heavy atom. The van der Waals surface area contributed by atoms with Gasteiger partial charge in [-0.3, -0.25) is 9.69 Å². The Labute approximate surface area is 112 Å². The van der Waals surface area contributed by atoms with Crippen molar-refractivity contribution < 1.29 is 9.18 Å². The molecule has 0 aliphatic carbocycles. The molecule has 1 aliphatic rings. The minimum atomic E-state index is -0.543. The fourth-order valence-electron chi connectivity index (χ4n) is 2.38. The first-order valence-electron chi connectivity index (χ1n) is 6.57. The molecule has 0 radical (unpaired) electrons. The molecule has 0 aromatic heterocycles. The number of likely N-dealkylation sites (tertiary alicyclic amines) is 1. The number of carbonyl (C=O) groups excluding carboxylic acids is 1. The van der Waals surface area contributed by atoms with Crippen LogP contribution in [0.1, 0.15) is 30.6 Å². The number of halogens is 1. The molecule has 1 heterocycles. The lowest BCUT2D eigenvalue weighted by molar-refractivity contribution is 0.100. The van der Waals surface area contributed by atoms with Gasteiger partial charge in [0.05, 0.1) is 5.69 Å². The van der Waals surface area contributed by atoms with E-state index in [4.69, 9.17) is 5.73 Å². The maximum Gasteiger partial charge on any atom is 0.248 e. The number of hydrogen-bond donors (Lipinski definition) is 2. The number of carbonyl (C=O) groups is 1. The molecule has 104 valence electrons. The summed E-state index contributed by atoms with van der Waals surface area (Å²) in [5, 5.41) is 3.16. The highest BCUT2D eigenvalue weighted by Gasteiger charge is 2.24. The Balaban J connectivity index is 2.07. The van der Waals surface area contributed by atoms with Gasteiger partial charge in [0.1, 0.15) is 5.82 Å². The highest BCUT2D eigenvalue weighted by Crippen LogP contribution is 2.21. The van der Waals surface area contributed by atoms with E-state index in [1.807, 2.05) is 0 Å². The fraction of sp³-hybridized carbons (Fsp3) is 0.500. The van der Waals surface area contributed by atoms with E-state index in [-0.39, 0.29) is 11.9 Å². The van der Waals surface area contributed by atoms with E-state index < -0.39 is 5.91 Å². The lowest BCUT2D eigenvalue weighted by Gasteiger charge is -2.21.